The third-order valence-corrected chi connectivity index (χ3v) is 2.63. The molecule has 7 heteroatoms. The Labute approximate surface area is 127 Å². The maximum atomic E-state index is 11.0. The molecule has 1 unspecified atom stereocenters. The Hall–Kier alpha value is -3.22. The molecule has 2 aromatic carbocycles. The minimum Gasteiger partial charge on any atom is -0.279 e. The zero-order chi connectivity index (χ0) is 15.6. The minimum absolute atomic E-state index is 0.480. The first-order valence-corrected chi connectivity index (χ1v) is 6.57. The molecule has 2 aromatic rings. The van der Waals surface area contributed by atoms with Crippen LogP contribution in [0.5, 0.6) is 0 Å². The van der Waals surface area contributed by atoms with E-state index in [-0.39, 0.29) is 0 Å². The van der Waals surface area contributed by atoms with E-state index in [0.29, 0.717) is 0 Å². The predicted molar refractivity (Wildman–Crippen MR) is 87.9 cm³/mol. The number of benzene rings is 2. The number of para-hydroxylation sites is 2. The summed E-state index contributed by atoms with van der Waals surface area (Å²) < 4.78 is 0. The van der Waals surface area contributed by atoms with Gasteiger partial charge in [0.05, 0.1) is 11.4 Å². The van der Waals surface area contributed by atoms with Crippen molar-refractivity contribution in [2.24, 2.45) is 10.2 Å². The number of hydrazone groups is 2. The molecule has 0 aliphatic carbocycles. The fourth-order valence-corrected chi connectivity index (χ4v) is 1.55. The molecule has 2 N–H and O–H groups in total. The van der Waals surface area contributed by atoms with Crippen LogP contribution in [-0.4, -0.2) is 23.4 Å². The first-order chi connectivity index (χ1) is 10.8. The highest BCUT2D eigenvalue weighted by molar-refractivity contribution is 5.86. The van der Waals surface area contributed by atoms with Crippen LogP contribution in [0, 0.1) is 10.1 Å². The zero-order valence-electron chi connectivity index (χ0n) is 11.7. The Bertz CT molecular complexity index is 592. The van der Waals surface area contributed by atoms with E-state index in [1.165, 1.54) is 12.4 Å². The quantitative estimate of drug-likeness (QED) is 0.467. The lowest BCUT2D eigenvalue weighted by molar-refractivity contribution is -0.482. The highest BCUT2D eigenvalue weighted by atomic mass is 16.6. The molecule has 22 heavy (non-hydrogen) atoms. The number of nitrogens with zero attached hydrogens (tertiary/aromatic N) is 3. The van der Waals surface area contributed by atoms with Gasteiger partial charge in [0, 0.05) is 4.92 Å². The molecule has 0 radical (unpaired) electrons. The summed E-state index contributed by atoms with van der Waals surface area (Å²) in [4.78, 5) is 10.5. The molecule has 0 aliphatic heterocycles. The predicted octanol–water partition coefficient (Wildman–Crippen LogP) is 2.83. The summed E-state index contributed by atoms with van der Waals surface area (Å²) in [5.41, 5.74) is 6.94. The van der Waals surface area contributed by atoms with Gasteiger partial charge in [-0.05, 0) is 24.3 Å². The van der Waals surface area contributed by atoms with E-state index in [1.54, 1.807) is 0 Å². The van der Waals surface area contributed by atoms with Gasteiger partial charge in [-0.1, -0.05) is 36.4 Å². The van der Waals surface area contributed by atoms with E-state index in [4.69, 9.17) is 0 Å². The minimum atomic E-state index is -1.12. The molecular weight excluding hydrogens is 282 g/mol. The topological polar surface area (TPSA) is 91.9 Å². The van der Waals surface area contributed by atoms with Crippen LogP contribution in [0.15, 0.2) is 70.9 Å². The van der Waals surface area contributed by atoms with Crippen LogP contribution in [0.25, 0.3) is 0 Å². The molecular formula is C15H15N5O2. The molecule has 0 amide bonds. The monoisotopic (exact) mass is 297 g/mol. The Morgan fingerprint density at radius 3 is 1.64 bits per heavy atom. The summed E-state index contributed by atoms with van der Waals surface area (Å²) in [6, 6.07) is 17.2. The lowest BCUT2D eigenvalue weighted by Crippen LogP contribution is -2.23. The molecule has 112 valence electrons. The van der Waals surface area contributed by atoms with Gasteiger partial charge in [-0.25, -0.2) is 0 Å². The lowest BCUT2D eigenvalue weighted by Gasteiger charge is -2.01. The van der Waals surface area contributed by atoms with Gasteiger partial charge >= 0.3 is 0 Å². The SMILES string of the molecule is O=[N+]([O-])C(/C=N\Nc1ccccc1)/C=N/Nc1ccccc1. The van der Waals surface area contributed by atoms with Crippen LogP contribution < -0.4 is 10.9 Å². The third kappa shape index (κ3) is 5.04. The van der Waals surface area contributed by atoms with E-state index in [0.717, 1.165) is 11.4 Å². The molecule has 0 aromatic heterocycles. The standard InChI is InChI=1S/C15H15N5O2/c21-20(22)15(11-16-18-13-7-3-1-4-8-13)12-17-19-14-9-5-2-6-10-14/h1-12,15,18-19H/b16-11-,17-12+. The average Bonchev–Trinajstić information content (AvgIpc) is 2.55. The van der Waals surface area contributed by atoms with Gasteiger partial charge in [0.25, 0.3) is 6.04 Å². The van der Waals surface area contributed by atoms with Crippen molar-refractivity contribution in [1.29, 1.82) is 0 Å². The Kier molecular flexibility index (Phi) is 5.62. The fourth-order valence-electron chi connectivity index (χ4n) is 1.55. The number of rotatable bonds is 7. The third-order valence-electron chi connectivity index (χ3n) is 2.63. The first kappa shape index (κ1) is 15.2. The summed E-state index contributed by atoms with van der Waals surface area (Å²) >= 11 is 0. The van der Waals surface area contributed by atoms with Gasteiger partial charge in [0.2, 0.25) is 0 Å². The highest BCUT2D eigenvalue weighted by Gasteiger charge is 2.13. The summed E-state index contributed by atoms with van der Waals surface area (Å²) in [6.07, 6.45) is 2.37. The van der Waals surface area contributed by atoms with Crippen LogP contribution >= 0.6 is 0 Å². The number of nitro groups is 1. The van der Waals surface area contributed by atoms with Gasteiger partial charge < -0.3 is 0 Å². The van der Waals surface area contributed by atoms with Crippen molar-refractivity contribution in [2.75, 3.05) is 10.9 Å². The number of nitrogens with one attached hydrogen (secondary N) is 2. The summed E-state index contributed by atoms with van der Waals surface area (Å²) in [6.45, 7) is 0. The molecule has 2 rings (SSSR count). The summed E-state index contributed by atoms with van der Waals surface area (Å²) in [5, 5.41) is 18.7. The van der Waals surface area contributed by atoms with Gasteiger partial charge in [-0.2, -0.15) is 10.2 Å². The number of hydrogen-bond acceptors (Lipinski definition) is 6. The first-order valence-electron chi connectivity index (χ1n) is 6.57. The van der Waals surface area contributed by atoms with Crippen LogP contribution in [-0.2, 0) is 0 Å². The number of hydrogen-bond donors (Lipinski definition) is 2. The van der Waals surface area contributed by atoms with E-state index < -0.39 is 11.0 Å². The molecule has 0 heterocycles. The Balaban J connectivity index is 1.91. The maximum absolute atomic E-state index is 11.0. The fraction of sp³-hybridized carbons (Fsp3) is 0.0667. The van der Waals surface area contributed by atoms with Gasteiger partial charge in [-0.15, -0.1) is 0 Å². The second-order valence-corrected chi connectivity index (χ2v) is 4.29. The van der Waals surface area contributed by atoms with Gasteiger partial charge in [0.15, 0.2) is 0 Å². The molecule has 7 nitrogen and oxygen atoms in total. The molecule has 1 atom stereocenters. The number of anilines is 2. The van der Waals surface area contributed by atoms with Crippen molar-refractivity contribution in [1.82, 2.24) is 0 Å². The molecule has 0 saturated heterocycles. The van der Waals surface area contributed by atoms with Crippen molar-refractivity contribution in [3.8, 4) is 0 Å². The van der Waals surface area contributed by atoms with E-state index in [2.05, 4.69) is 21.1 Å². The van der Waals surface area contributed by atoms with Crippen LogP contribution in [0.4, 0.5) is 11.4 Å². The molecule has 0 saturated carbocycles. The van der Waals surface area contributed by atoms with Crippen molar-refractivity contribution in [3.63, 3.8) is 0 Å². The smallest absolute Gasteiger partial charge is 0.279 e. The normalized spacial score (nSPS) is 12.4. The molecule has 0 spiro atoms. The lowest BCUT2D eigenvalue weighted by atomic mass is 10.3. The van der Waals surface area contributed by atoms with Crippen LogP contribution in [0.3, 0.4) is 0 Å². The summed E-state index contributed by atoms with van der Waals surface area (Å²) in [5.74, 6) is 0. The second kappa shape index (κ2) is 8.15. The van der Waals surface area contributed by atoms with E-state index >= 15 is 0 Å². The van der Waals surface area contributed by atoms with E-state index in [1.807, 2.05) is 60.7 Å². The zero-order valence-corrected chi connectivity index (χ0v) is 11.7. The Morgan fingerprint density at radius 2 is 1.27 bits per heavy atom. The van der Waals surface area contributed by atoms with E-state index in [9.17, 15) is 10.1 Å². The van der Waals surface area contributed by atoms with Crippen LogP contribution in [0.1, 0.15) is 0 Å². The average molecular weight is 297 g/mol. The van der Waals surface area contributed by atoms with Gasteiger partial charge in [-0.3, -0.25) is 21.0 Å². The Morgan fingerprint density at radius 1 is 0.864 bits per heavy atom. The molecule has 0 fully saturated rings. The van der Waals surface area contributed by atoms with Gasteiger partial charge in [0.1, 0.15) is 12.4 Å². The molecule has 0 aliphatic rings. The second-order valence-electron chi connectivity index (χ2n) is 4.29. The highest BCUT2D eigenvalue weighted by Crippen LogP contribution is 2.05. The summed E-state index contributed by atoms with van der Waals surface area (Å²) in [7, 11) is 0. The van der Waals surface area contributed by atoms with Crippen molar-refractivity contribution in [3.05, 3.63) is 70.8 Å². The largest absolute Gasteiger partial charge is 0.286 e. The van der Waals surface area contributed by atoms with Crippen molar-refractivity contribution < 1.29 is 4.92 Å². The maximum Gasteiger partial charge on any atom is 0.286 e. The van der Waals surface area contributed by atoms with Crippen molar-refractivity contribution >= 4 is 23.8 Å². The van der Waals surface area contributed by atoms with Crippen LogP contribution in [0.2, 0.25) is 0 Å². The molecule has 0 bridgehead atoms. The van der Waals surface area contributed by atoms with Crippen molar-refractivity contribution in [2.45, 2.75) is 6.04 Å².